The van der Waals surface area contributed by atoms with Crippen LogP contribution in [0.25, 0.3) is 0 Å². The van der Waals surface area contributed by atoms with E-state index in [1.54, 1.807) is 0 Å². The van der Waals surface area contributed by atoms with Crippen molar-refractivity contribution >= 4 is 49.0 Å². The number of benzene rings is 3. The first-order valence-electron chi connectivity index (χ1n) is 7.38. The van der Waals surface area contributed by atoms with Gasteiger partial charge in [-0.1, -0.05) is 0 Å². The van der Waals surface area contributed by atoms with E-state index in [2.05, 4.69) is 0 Å². The summed E-state index contributed by atoms with van der Waals surface area (Å²) in [7, 11) is 0. The fraction of sp³-hybridized carbons (Fsp3) is 0.0526. The molecule has 0 radical (unpaired) electrons. The standard InChI is InChI=1S/C19H15Cl4P/c20-24(21,22,23)19(16-10-4-1-5-11-16,17-12-6-2-7-13-17)18-14-8-3-9-15-18/h1-15H. The van der Waals surface area contributed by atoms with Crippen LogP contribution < -0.4 is 0 Å². The number of rotatable bonds is 4. The van der Waals surface area contributed by atoms with Gasteiger partial charge in [-0.3, -0.25) is 0 Å². The SMILES string of the molecule is ClP(Cl)(Cl)(Cl)C(c1ccccc1)(c1ccccc1)c1ccccc1. The number of hydrogen-bond donors (Lipinski definition) is 0. The van der Waals surface area contributed by atoms with E-state index in [-0.39, 0.29) is 0 Å². The van der Waals surface area contributed by atoms with Crippen molar-refractivity contribution in [2.45, 2.75) is 5.16 Å². The zero-order valence-electron chi connectivity index (χ0n) is 12.6. The van der Waals surface area contributed by atoms with E-state index in [1.807, 2.05) is 91.0 Å². The van der Waals surface area contributed by atoms with Crippen LogP contribution >= 0.6 is 49.0 Å². The van der Waals surface area contributed by atoms with Gasteiger partial charge in [0.15, 0.2) is 0 Å². The topological polar surface area (TPSA) is 0 Å². The quantitative estimate of drug-likeness (QED) is 0.298. The molecule has 0 unspecified atom stereocenters. The predicted octanol–water partition coefficient (Wildman–Crippen LogP) is 8.15. The van der Waals surface area contributed by atoms with Crippen LogP contribution in [-0.2, 0) is 5.16 Å². The first-order valence-corrected chi connectivity index (χ1v) is 13.2. The molecular weight excluding hydrogens is 401 g/mol. The summed E-state index contributed by atoms with van der Waals surface area (Å²) < 4.78 is -4.26. The van der Waals surface area contributed by atoms with E-state index in [4.69, 9.17) is 45.0 Å². The van der Waals surface area contributed by atoms with Gasteiger partial charge in [0, 0.05) is 0 Å². The summed E-state index contributed by atoms with van der Waals surface area (Å²) in [5.41, 5.74) is 2.57. The Hall–Kier alpha value is -0.750. The van der Waals surface area contributed by atoms with Crippen molar-refractivity contribution in [3.8, 4) is 0 Å². The van der Waals surface area contributed by atoms with Crippen LogP contribution in [0.1, 0.15) is 16.7 Å². The van der Waals surface area contributed by atoms with Crippen molar-refractivity contribution in [3.63, 3.8) is 0 Å². The van der Waals surface area contributed by atoms with Gasteiger partial charge in [-0.25, -0.2) is 0 Å². The van der Waals surface area contributed by atoms with Gasteiger partial charge < -0.3 is 0 Å². The summed E-state index contributed by atoms with van der Waals surface area (Å²) in [6, 6.07) is 29.1. The molecule has 0 fully saturated rings. The average molecular weight is 416 g/mol. The van der Waals surface area contributed by atoms with Crippen molar-refractivity contribution < 1.29 is 0 Å². The minimum atomic E-state index is -4.26. The normalized spacial score (nSPS) is 13.9. The fourth-order valence-corrected chi connectivity index (χ4v) is 8.26. The van der Waals surface area contributed by atoms with Crippen LogP contribution in [0.2, 0.25) is 0 Å². The molecule has 0 heterocycles. The molecule has 5 heteroatoms. The molecule has 0 aliphatic carbocycles. The summed E-state index contributed by atoms with van der Waals surface area (Å²) in [6.45, 7) is 0. The molecule has 0 atom stereocenters. The number of halogens is 4. The second-order valence-electron chi connectivity index (χ2n) is 5.53. The average Bonchev–Trinajstić information content (AvgIpc) is 2.56. The molecule has 0 aliphatic heterocycles. The third-order valence-electron chi connectivity index (χ3n) is 4.08. The van der Waals surface area contributed by atoms with Crippen LogP contribution in [0.15, 0.2) is 91.0 Å². The van der Waals surface area contributed by atoms with Gasteiger partial charge in [-0.05, 0) is 0 Å². The number of hydrogen-bond acceptors (Lipinski definition) is 0. The van der Waals surface area contributed by atoms with Crippen molar-refractivity contribution in [1.29, 1.82) is 0 Å². The van der Waals surface area contributed by atoms with Crippen LogP contribution in [0.5, 0.6) is 0 Å². The van der Waals surface area contributed by atoms with Gasteiger partial charge in [0.05, 0.1) is 0 Å². The Bertz CT molecular complexity index is 706. The molecule has 0 bridgehead atoms. The molecule has 0 aromatic heterocycles. The van der Waals surface area contributed by atoms with Crippen LogP contribution in [0.4, 0.5) is 0 Å². The van der Waals surface area contributed by atoms with Gasteiger partial charge >= 0.3 is 162 Å². The van der Waals surface area contributed by atoms with E-state index in [0.717, 1.165) is 16.7 Å². The minimum absolute atomic E-state index is 0.857. The Morgan fingerprint density at radius 2 is 0.708 bits per heavy atom. The van der Waals surface area contributed by atoms with Gasteiger partial charge in [-0.15, -0.1) is 0 Å². The summed E-state index contributed by atoms with van der Waals surface area (Å²) in [5.74, 6) is 0. The van der Waals surface area contributed by atoms with E-state index < -0.39 is 9.17 Å². The van der Waals surface area contributed by atoms with E-state index in [0.29, 0.717) is 0 Å². The maximum absolute atomic E-state index is 6.74. The first-order chi connectivity index (χ1) is 11.3. The molecule has 24 heavy (non-hydrogen) atoms. The Balaban J connectivity index is 2.48. The molecule has 0 amide bonds. The molecule has 3 aromatic rings. The summed E-state index contributed by atoms with van der Waals surface area (Å²) in [6.07, 6.45) is 0. The fourth-order valence-electron chi connectivity index (χ4n) is 3.12. The van der Waals surface area contributed by atoms with Gasteiger partial charge in [0.2, 0.25) is 0 Å². The zero-order valence-corrected chi connectivity index (χ0v) is 16.5. The third-order valence-corrected chi connectivity index (χ3v) is 8.91. The Morgan fingerprint density at radius 1 is 0.458 bits per heavy atom. The maximum atomic E-state index is 6.74. The second kappa shape index (κ2) is 6.52. The van der Waals surface area contributed by atoms with Crippen molar-refractivity contribution in [3.05, 3.63) is 108 Å². The van der Waals surface area contributed by atoms with Gasteiger partial charge in [-0.2, -0.15) is 0 Å². The van der Waals surface area contributed by atoms with E-state index >= 15 is 0 Å². The second-order valence-corrected chi connectivity index (χ2v) is 18.9. The van der Waals surface area contributed by atoms with Crippen molar-refractivity contribution in [2.75, 3.05) is 0 Å². The first kappa shape index (κ1) is 18.1. The Labute approximate surface area is 161 Å². The third kappa shape index (κ3) is 3.07. The molecule has 0 aliphatic rings. The summed E-state index contributed by atoms with van der Waals surface area (Å²) >= 11 is 27.0. The summed E-state index contributed by atoms with van der Waals surface area (Å²) in [4.78, 5) is 0. The predicted molar refractivity (Wildman–Crippen MR) is 110 cm³/mol. The molecule has 0 nitrogen and oxygen atoms in total. The molecule has 3 aromatic carbocycles. The van der Waals surface area contributed by atoms with E-state index in [1.165, 1.54) is 0 Å². The zero-order chi connectivity index (χ0) is 17.3. The van der Waals surface area contributed by atoms with E-state index in [9.17, 15) is 0 Å². The van der Waals surface area contributed by atoms with Crippen LogP contribution in [0, 0.1) is 0 Å². The summed E-state index contributed by atoms with van der Waals surface area (Å²) in [5, 5.41) is -1.05. The van der Waals surface area contributed by atoms with Gasteiger partial charge in [0.25, 0.3) is 0 Å². The Kier molecular flexibility index (Phi) is 4.91. The van der Waals surface area contributed by atoms with Crippen LogP contribution in [0.3, 0.4) is 0 Å². The van der Waals surface area contributed by atoms with Crippen molar-refractivity contribution in [1.82, 2.24) is 0 Å². The molecule has 124 valence electrons. The molecule has 3 rings (SSSR count). The molecule has 0 spiro atoms. The molecule has 0 saturated heterocycles. The molecule has 0 saturated carbocycles. The molecule has 0 N–H and O–H groups in total. The Morgan fingerprint density at radius 3 is 0.917 bits per heavy atom. The van der Waals surface area contributed by atoms with Crippen LogP contribution in [-0.4, -0.2) is 0 Å². The van der Waals surface area contributed by atoms with Gasteiger partial charge in [0.1, 0.15) is 0 Å². The monoisotopic (exact) mass is 414 g/mol. The van der Waals surface area contributed by atoms with Crippen molar-refractivity contribution in [2.24, 2.45) is 0 Å². The molecular formula is C19H15Cl4P.